The summed E-state index contributed by atoms with van der Waals surface area (Å²) in [4.78, 5) is 27.6. The van der Waals surface area contributed by atoms with Crippen LogP contribution < -0.4 is 0 Å². The van der Waals surface area contributed by atoms with Crippen molar-refractivity contribution in [2.24, 2.45) is 5.92 Å². The Morgan fingerprint density at radius 1 is 1.30 bits per heavy atom. The van der Waals surface area contributed by atoms with Crippen molar-refractivity contribution in [2.75, 3.05) is 6.61 Å². The van der Waals surface area contributed by atoms with Crippen molar-refractivity contribution in [1.29, 1.82) is 0 Å². The number of halogens is 1. The summed E-state index contributed by atoms with van der Waals surface area (Å²) in [6.45, 7) is 4.36. The summed E-state index contributed by atoms with van der Waals surface area (Å²) >= 11 is 0. The molecule has 138 valence electrons. The van der Waals surface area contributed by atoms with E-state index in [1.54, 1.807) is 19.3 Å². The Bertz CT molecular complexity index is 1130. The third-order valence-electron chi connectivity index (χ3n) is 4.49. The van der Waals surface area contributed by atoms with Crippen molar-refractivity contribution >= 4 is 28.0 Å². The smallest absolute Gasteiger partial charge is 0.310 e. The molecule has 0 aliphatic heterocycles. The number of hydrogen-bond donors (Lipinski definition) is 1. The van der Waals surface area contributed by atoms with Crippen molar-refractivity contribution in [3.05, 3.63) is 43.0 Å². The molecule has 0 radical (unpaired) electrons. The second-order valence-corrected chi connectivity index (χ2v) is 6.36. The average Bonchev–Trinajstić information content (AvgIpc) is 3.23. The molecular formula is C19H18FN5O2. The maximum atomic E-state index is 13.7. The summed E-state index contributed by atoms with van der Waals surface area (Å²) in [6.07, 6.45) is 8.06. The topological polar surface area (TPSA) is 85.7 Å². The van der Waals surface area contributed by atoms with Gasteiger partial charge < -0.3 is 14.3 Å². The molecule has 1 atom stereocenters. The molecule has 0 spiro atoms. The van der Waals surface area contributed by atoms with Crippen LogP contribution in [0.1, 0.15) is 13.8 Å². The van der Waals surface area contributed by atoms with Gasteiger partial charge in [-0.2, -0.15) is 0 Å². The molecule has 1 N–H and O–H groups in total. The second kappa shape index (κ2) is 6.79. The third kappa shape index (κ3) is 3.03. The average molecular weight is 367 g/mol. The van der Waals surface area contributed by atoms with E-state index in [2.05, 4.69) is 19.9 Å². The van der Waals surface area contributed by atoms with Crippen molar-refractivity contribution in [3.63, 3.8) is 0 Å². The minimum Gasteiger partial charge on any atom is -0.466 e. The van der Waals surface area contributed by atoms with Crippen LogP contribution in [0.2, 0.25) is 0 Å². The number of ether oxygens (including phenoxy) is 1. The normalized spacial score (nSPS) is 12.6. The number of aromatic amines is 1. The molecular weight excluding hydrogens is 349 g/mol. The van der Waals surface area contributed by atoms with Crippen LogP contribution >= 0.6 is 0 Å². The number of rotatable bonds is 5. The van der Waals surface area contributed by atoms with E-state index in [-0.39, 0.29) is 11.9 Å². The lowest BCUT2D eigenvalue weighted by Crippen LogP contribution is -2.19. The summed E-state index contributed by atoms with van der Waals surface area (Å²) < 4.78 is 20.7. The van der Waals surface area contributed by atoms with Crippen LogP contribution in [0.4, 0.5) is 4.39 Å². The first-order valence-electron chi connectivity index (χ1n) is 8.67. The Kier molecular flexibility index (Phi) is 4.31. The number of aromatic nitrogens is 5. The van der Waals surface area contributed by atoms with Gasteiger partial charge in [0.15, 0.2) is 0 Å². The highest BCUT2D eigenvalue weighted by molar-refractivity contribution is 6.03. The number of pyridine rings is 1. The van der Waals surface area contributed by atoms with Gasteiger partial charge in [0.2, 0.25) is 0 Å². The molecule has 0 fully saturated rings. The van der Waals surface area contributed by atoms with Crippen LogP contribution in [0.15, 0.2) is 37.2 Å². The molecule has 4 aromatic rings. The Morgan fingerprint density at radius 2 is 2.15 bits per heavy atom. The first-order valence-corrected chi connectivity index (χ1v) is 8.67. The first kappa shape index (κ1) is 17.1. The molecule has 4 heterocycles. The lowest BCUT2D eigenvalue weighted by Gasteiger charge is -2.11. The van der Waals surface area contributed by atoms with E-state index in [0.29, 0.717) is 29.8 Å². The second-order valence-electron chi connectivity index (χ2n) is 6.36. The minimum atomic E-state index is -0.403. The van der Waals surface area contributed by atoms with Crippen LogP contribution in [0.5, 0.6) is 0 Å². The third-order valence-corrected chi connectivity index (χ3v) is 4.49. The highest BCUT2D eigenvalue weighted by Crippen LogP contribution is 2.34. The maximum absolute atomic E-state index is 13.7. The quantitative estimate of drug-likeness (QED) is 0.547. The van der Waals surface area contributed by atoms with Gasteiger partial charge in [-0.25, -0.2) is 19.3 Å². The fourth-order valence-corrected chi connectivity index (χ4v) is 3.24. The van der Waals surface area contributed by atoms with Gasteiger partial charge in [-0.3, -0.25) is 4.79 Å². The summed E-state index contributed by atoms with van der Waals surface area (Å²) in [6, 6.07) is 1.45. The zero-order chi connectivity index (χ0) is 19.0. The first-order chi connectivity index (χ1) is 13.1. The predicted molar refractivity (Wildman–Crippen MR) is 98.4 cm³/mol. The number of H-pyrrole nitrogens is 1. The summed E-state index contributed by atoms with van der Waals surface area (Å²) in [5.41, 5.74) is 2.96. The molecule has 0 amide bonds. The highest BCUT2D eigenvalue weighted by Gasteiger charge is 2.20. The Balaban J connectivity index is 1.82. The lowest BCUT2D eigenvalue weighted by molar-refractivity contribution is -0.147. The molecule has 0 aromatic carbocycles. The molecule has 4 rings (SSSR count). The number of esters is 1. The Labute approximate surface area is 154 Å². The SMILES string of the molecule is CCOC(=O)C(C)Cn1cc(-c2c[nH]c3ncc(F)cc23)c2cncnc21. The maximum Gasteiger partial charge on any atom is 0.310 e. The molecule has 8 heteroatoms. The summed E-state index contributed by atoms with van der Waals surface area (Å²) in [5.74, 6) is -0.988. The van der Waals surface area contributed by atoms with Gasteiger partial charge in [-0.1, -0.05) is 6.92 Å². The molecule has 0 saturated carbocycles. The fraction of sp³-hybridized carbons (Fsp3) is 0.263. The lowest BCUT2D eigenvalue weighted by atomic mass is 10.1. The molecule has 0 aliphatic rings. The van der Waals surface area contributed by atoms with E-state index in [4.69, 9.17) is 4.74 Å². The standard InChI is InChI=1S/C19H18FN5O2/c1-3-27-19(26)11(2)8-25-9-16(15-6-21-10-24-18(15)25)14-7-23-17-13(14)4-12(20)5-22-17/h4-7,9-11H,3,8H2,1-2H3,(H,22,23). The minimum absolute atomic E-state index is 0.256. The van der Waals surface area contributed by atoms with Crippen molar-refractivity contribution in [1.82, 2.24) is 24.5 Å². The van der Waals surface area contributed by atoms with Crippen molar-refractivity contribution < 1.29 is 13.9 Å². The van der Waals surface area contributed by atoms with E-state index in [0.717, 1.165) is 16.5 Å². The predicted octanol–water partition coefficient (Wildman–Crippen LogP) is 3.31. The van der Waals surface area contributed by atoms with Gasteiger partial charge in [-0.05, 0) is 13.0 Å². The van der Waals surface area contributed by atoms with E-state index >= 15 is 0 Å². The molecule has 0 aliphatic carbocycles. The van der Waals surface area contributed by atoms with Gasteiger partial charge in [0.05, 0.1) is 18.7 Å². The van der Waals surface area contributed by atoms with E-state index in [1.807, 2.05) is 17.7 Å². The Morgan fingerprint density at radius 3 is 2.96 bits per heavy atom. The zero-order valence-electron chi connectivity index (χ0n) is 14.9. The fourth-order valence-electron chi connectivity index (χ4n) is 3.24. The van der Waals surface area contributed by atoms with Gasteiger partial charge >= 0.3 is 5.97 Å². The van der Waals surface area contributed by atoms with E-state index in [1.165, 1.54) is 18.6 Å². The van der Waals surface area contributed by atoms with Crippen LogP contribution in [0.25, 0.3) is 33.2 Å². The number of hydrogen-bond acceptors (Lipinski definition) is 5. The van der Waals surface area contributed by atoms with Crippen molar-refractivity contribution in [3.8, 4) is 11.1 Å². The summed E-state index contributed by atoms with van der Waals surface area (Å²) in [7, 11) is 0. The van der Waals surface area contributed by atoms with Crippen LogP contribution in [-0.2, 0) is 16.1 Å². The number of nitrogens with one attached hydrogen (secondary N) is 1. The van der Waals surface area contributed by atoms with Crippen LogP contribution in [0, 0.1) is 11.7 Å². The largest absolute Gasteiger partial charge is 0.466 e. The molecule has 0 bridgehead atoms. The van der Waals surface area contributed by atoms with Gasteiger partial charge in [0.25, 0.3) is 0 Å². The van der Waals surface area contributed by atoms with Gasteiger partial charge in [-0.15, -0.1) is 0 Å². The van der Waals surface area contributed by atoms with Crippen LogP contribution in [0.3, 0.4) is 0 Å². The van der Waals surface area contributed by atoms with E-state index in [9.17, 15) is 9.18 Å². The monoisotopic (exact) mass is 367 g/mol. The van der Waals surface area contributed by atoms with Gasteiger partial charge in [0, 0.05) is 47.0 Å². The summed E-state index contributed by atoms with van der Waals surface area (Å²) in [5, 5.41) is 1.50. The number of nitrogens with zero attached hydrogens (tertiary/aromatic N) is 4. The molecule has 27 heavy (non-hydrogen) atoms. The number of fused-ring (bicyclic) bond motifs is 2. The molecule has 0 saturated heterocycles. The molecule has 7 nitrogen and oxygen atoms in total. The zero-order valence-corrected chi connectivity index (χ0v) is 14.9. The number of carbonyl (C=O) groups excluding carboxylic acids is 1. The molecule has 4 aromatic heterocycles. The van der Waals surface area contributed by atoms with Crippen molar-refractivity contribution in [2.45, 2.75) is 20.4 Å². The van der Waals surface area contributed by atoms with Gasteiger partial charge in [0.1, 0.15) is 23.4 Å². The molecule has 1 unspecified atom stereocenters. The number of carbonyl (C=O) groups is 1. The van der Waals surface area contributed by atoms with Crippen LogP contribution in [-0.4, -0.2) is 37.1 Å². The highest BCUT2D eigenvalue weighted by atomic mass is 19.1. The van der Waals surface area contributed by atoms with E-state index < -0.39 is 5.82 Å². The Hall–Kier alpha value is -3.29.